The zero-order chi connectivity index (χ0) is 9.84. The highest BCUT2D eigenvalue weighted by Crippen LogP contribution is 2.12. The maximum atomic E-state index is 11.2. The van der Waals surface area contributed by atoms with Gasteiger partial charge in [0.05, 0.1) is 6.20 Å². The Hall–Kier alpha value is -1.12. The molecule has 1 unspecified atom stereocenters. The Morgan fingerprint density at radius 3 is 2.77 bits per heavy atom. The topological polar surface area (TPSA) is 34.9 Å². The van der Waals surface area contributed by atoms with Crippen molar-refractivity contribution in [3.05, 3.63) is 18.0 Å². The second kappa shape index (κ2) is 4.21. The van der Waals surface area contributed by atoms with E-state index in [0.29, 0.717) is 0 Å². The molecule has 3 nitrogen and oxygen atoms in total. The summed E-state index contributed by atoms with van der Waals surface area (Å²) < 4.78 is 1.77. The van der Waals surface area contributed by atoms with Crippen LogP contribution in [0.2, 0.25) is 0 Å². The fraction of sp³-hybridized carbons (Fsp3) is 0.600. The number of aryl methyl sites for hydroxylation is 1. The summed E-state index contributed by atoms with van der Waals surface area (Å²) in [5, 5.41) is 4.07. The Balaban J connectivity index is 2.61. The van der Waals surface area contributed by atoms with Crippen molar-refractivity contribution >= 4 is 5.78 Å². The summed E-state index contributed by atoms with van der Waals surface area (Å²) in [5.74, 6) is 0.426. The summed E-state index contributed by atoms with van der Waals surface area (Å²) in [6, 6.07) is 0. The lowest BCUT2D eigenvalue weighted by Gasteiger charge is -2.08. The molecule has 3 heteroatoms. The summed E-state index contributed by atoms with van der Waals surface area (Å²) in [6.07, 6.45) is 5.51. The highest BCUT2D eigenvalue weighted by atomic mass is 16.1. The molecule has 0 aliphatic heterocycles. The minimum atomic E-state index is 0.157. The molecule has 0 spiro atoms. The third-order valence-electron chi connectivity index (χ3n) is 2.31. The first-order valence-corrected chi connectivity index (χ1v) is 4.61. The standard InChI is InChI=1S/C10H16N2O/c1-4-10(8(2)13)5-9-6-11-12(3)7-9/h6-7,10H,4-5H2,1-3H3. The number of ketones is 1. The lowest BCUT2D eigenvalue weighted by Crippen LogP contribution is -2.12. The Morgan fingerprint density at radius 2 is 2.38 bits per heavy atom. The zero-order valence-electron chi connectivity index (χ0n) is 8.45. The Bertz CT molecular complexity index is 291. The van der Waals surface area contributed by atoms with Gasteiger partial charge >= 0.3 is 0 Å². The van der Waals surface area contributed by atoms with Gasteiger partial charge in [-0.25, -0.2) is 0 Å². The highest BCUT2D eigenvalue weighted by molar-refractivity contribution is 5.78. The molecular formula is C10H16N2O. The van der Waals surface area contributed by atoms with Gasteiger partial charge in [0.25, 0.3) is 0 Å². The van der Waals surface area contributed by atoms with Crippen molar-refractivity contribution in [2.24, 2.45) is 13.0 Å². The van der Waals surface area contributed by atoms with Crippen LogP contribution in [0.15, 0.2) is 12.4 Å². The van der Waals surface area contributed by atoms with Crippen LogP contribution in [-0.4, -0.2) is 15.6 Å². The van der Waals surface area contributed by atoms with Gasteiger partial charge in [-0.05, 0) is 25.3 Å². The van der Waals surface area contributed by atoms with Crippen molar-refractivity contribution in [1.82, 2.24) is 9.78 Å². The third-order valence-corrected chi connectivity index (χ3v) is 2.31. The quantitative estimate of drug-likeness (QED) is 0.705. The van der Waals surface area contributed by atoms with Crippen LogP contribution < -0.4 is 0 Å². The molecule has 0 aliphatic carbocycles. The summed E-state index contributed by atoms with van der Waals surface area (Å²) in [5.41, 5.74) is 1.14. The van der Waals surface area contributed by atoms with Gasteiger partial charge in [0, 0.05) is 19.2 Å². The fourth-order valence-corrected chi connectivity index (χ4v) is 1.44. The number of Topliss-reactive ketones (excluding diaryl/α,β-unsaturated/α-hetero) is 1. The molecule has 0 bridgehead atoms. The van der Waals surface area contributed by atoms with Crippen LogP contribution in [0.5, 0.6) is 0 Å². The van der Waals surface area contributed by atoms with Gasteiger partial charge in [0.2, 0.25) is 0 Å². The van der Waals surface area contributed by atoms with E-state index >= 15 is 0 Å². The minimum absolute atomic E-state index is 0.157. The smallest absolute Gasteiger partial charge is 0.133 e. The van der Waals surface area contributed by atoms with Crippen LogP contribution in [0.1, 0.15) is 25.8 Å². The summed E-state index contributed by atoms with van der Waals surface area (Å²) >= 11 is 0. The van der Waals surface area contributed by atoms with E-state index in [9.17, 15) is 4.79 Å². The number of hydrogen-bond acceptors (Lipinski definition) is 2. The molecule has 0 N–H and O–H groups in total. The third kappa shape index (κ3) is 2.68. The summed E-state index contributed by atoms with van der Waals surface area (Å²) in [6.45, 7) is 3.70. The number of carbonyl (C=O) groups is 1. The van der Waals surface area contributed by atoms with Crippen molar-refractivity contribution in [1.29, 1.82) is 0 Å². The van der Waals surface area contributed by atoms with Crippen LogP contribution >= 0.6 is 0 Å². The molecule has 0 fully saturated rings. The molecular weight excluding hydrogens is 164 g/mol. The number of hydrogen-bond donors (Lipinski definition) is 0. The number of nitrogens with zero attached hydrogens (tertiary/aromatic N) is 2. The molecule has 0 aromatic carbocycles. The zero-order valence-corrected chi connectivity index (χ0v) is 8.45. The average molecular weight is 180 g/mol. The van der Waals surface area contributed by atoms with Crippen LogP contribution in [0.25, 0.3) is 0 Å². The van der Waals surface area contributed by atoms with Gasteiger partial charge in [0.15, 0.2) is 0 Å². The van der Waals surface area contributed by atoms with E-state index in [4.69, 9.17) is 0 Å². The van der Waals surface area contributed by atoms with Gasteiger partial charge in [-0.2, -0.15) is 5.10 Å². The molecule has 0 aliphatic rings. The Kier molecular flexibility index (Phi) is 3.23. The molecule has 1 heterocycles. The van der Waals surface area contributed by atoms with Gasteiger partial charge in [-0.1, -0.05) is 6.92 Å². The molecule has 0 saturated carbocycles. The molecule has 72 valence electrons. The first-order chi connectivity index (χ1) is 6.13. The predicted molar refractivity (Wildman–Crippen MR) is 51.4 cm³/mol. The van der Waals surface area contributed by atoms with Crippen molar-refractivity contribution in [2.45, 2.75) is 26.7 Å². The van der Waals surface area contributed by atoms with E-state index in [-0.39, 0.29) is 11.7 Å². The second-order valence-corrected chi connectivity index (χ2v) is 3.44. The SMILES string of the molecule is CCC(Cc1cnn(C)c1)C(C)=O. The lowest BCUT2D eigenvalue weighted by atomic mass is 9.95. The van der Waals surface area contributed by atoms with Crippen LogP contribution in [0, 0.1) is 5.92 Å². The van der Waals surface area contributed by atoms with Crippen molar-refractivity contribution in [2.75, 3.05) is 0 Å². The molecule has 13 heavy (non-hydrogen) atoms. The number of aromatic nitrogens is 2. The average Bonchev–Trinajstić information content (AvgIpc) is 2.46. The van der Waals surface area contributed by atoms with Gasteiger partial charge in [-0.15, -0.1) is 0 Å². The molecule has 0 radical (unpaired) electrons. The largest absolute Gasteiger partial charge is 0.300 e. The van der Waals surface area contributed by atoms with E-state index in [2.05, 4.69) is 5.10 Å². The van der Waals surface area contributed by atoms with E-state index < -0.39 is 0 Å². The van der Waals surface area contributed by atoms with Crippen LogP contribution in [0.4, 0.5) is 0 Å². The van der Waals surface area contributed by atoms with E-state index in [0.717, 1.165) is 18.4 Å². The number of carbonyl (C=O) groups excluding carboxylic acids is 1. The van der Waals surface area contributed by atoms with Crippen molar-refractivity contribution in [3.63, 3.8) is 0 Å². The van der Waals surface area contributed by atoms with Crippen molar-refractivity contribution < 1.29 is 4.79 Å². The van der Waals surface area contributed by atoms with Crippen LogP contribution in [0.3, 0.4) is 0 Å². The van der Waals surface area contributed by atoms with Crippen LogP contribution in [-0.2, 0) is 18.3 Å². The van der Waals surface area contributed by atoms with Gasteiger partial charge in [0.1, 0.15) is 5.78 Å². The van der Waals surface area contributed by atoms with Gasteiger partial charge in [-0.3, -0.25) is 9.48 Å². The van der Waals surface area contributed by atoms with Crippen molar-refractivity contribution in [3.8, 4) is 0 Å². The van der Waals surface area contributed by atoms with E-state index in [1.807, 2.05) is 26.4 Å². The van der Waals surface area contributed by atoms with E-state index in [1.54, 1.807) is 11.6 Å². The molecule has 1 atom stereocenters. The monoisotopic (exact) mass is 180 g/mol. The lowest BCUT2D eigenvalue weighted by molar-refractivity contribution is -0.120. The fourth-order valence-electron chi connectivity index (χ4n) is 1.44. The summed E-state index contributed by atoms with van der Waals surface area (Å²) in [4.78, 5) is 11.2. The normalized spacial score (nSPS) is 12.8. The summed E-state index contributed by atoms with van der Waals surface area (Å²) in [7, 11) is 1.89. The first kappa shape index (κ1) is 9.96. The molecule has 1 aromatic rings. The second-order valence-electron chi connectivity index (χ2n) is 3.44. The first-order valence-electron chi connectivity index (χ1n) is 4.61. The molecule has 0 saturated heterocycles. The Morgan fingerprint density at radius 1 is 1.69 bits per heavy atom. The van der Waals surface area contributed by atoms with Gasteiger partial charge < -0.3 is 0 Å². The number of rotatable bonds is 4. The highest BCUT2D eigenvalue weighted by Gasteiger charge is 2.12. The Labute approximate surface area is 78.8 Å². The maximum absolute atomic E-state index is 11.2. The molecule has 1 rings (SSSR count). The molecule has 1 aromatic heterocycles. The van der Waals surface area contributed by atoms with E-state index in [1.165, 1.54) is 0 Å². The maximum Gasteiger partial charge on any atom is 0.133 e. The predicted octanol–water partition coefficient (Wildman–Crippen LogP) is 1.58. The molecule has 0 amide bonds. The minimum Gasteiger partial charge on any atom is -0.300 e.